The van der Waals surface area contributed by atoms with Gasteiger partial charge in [-0.15, -0.1) is 0 Å². The van der Waals surface area contributed by atoms with E-state index in [0.717, 1.165) is 25.9 Å². The highest BCUT2D eigenvalue weighted by atomic mass is 15.3. The minimum Gasteiger partial charge on any atom is -0.351 e. The number of aromatic nitrogens is 3. The predicted octanol–water partition coefficient (Wildman–Crippen LogP) is 2.09. The maximum Gasteiger partial charge on any atom is 0.238 e. The number of nitriles is 1. The third kappa shape index (κ3) is 2.98. The summed E-state index contributed by atoms with van der Waals surface area (Å²) in [7, 11) is 0. The van der Waals surface area contributed by atoms with E-state index in [4.69, 9.17) is 5.26 Å². The van der Waals surface area contributed by atoms with E-state index < -0.39 is 0 Å². The topological polar surface area (TPSA) is 77.7 Å². The first-order valence-corrected chi connectivity index (χ1v) is 7.53. The summed E-state index contributed by atoms with van der Waals surface area (Å²) in [6, 6.07) is 2.49. The second-order valence-corrected chi connectivity index (χ2v) is 5.57. The van der Waals surface area contributed by atoms with Crippen molar-refractivity contribution in [1.82, 2.24) is 15.0 Å². The lowest BCUT2D eigenvalue weighted by molar-refractivity contribution is 0.567. The van der Waals surface area contributed by atoms with E-state index in [-0.39, 0.29) is 5.82 Å². The van der Waals surface area contributed by atoms with Gasteiger partial charge in [-0.2, -0.15) is 20.2 Å². The van der Waals surface area contributed by atoms with Gasteiger partial charge < -0.3 is 10.2 Å². The van der Waals surface area contributed by atoms with Gasteiger partial charge in [0.2, 0.25) is 17.7 Å². The first kappa shape index (κ1) is 13.1. The maximum atomic E-state index is 9.10. The van der Waals surface area contributed by atoms with Gasteiger partial charge in [0.05, 0.1) is 0 Å². The van der Waals surface area contributed by atoms with Crippen molar-refractivity contribution in [2.45, 2.75) is 51.0 Å². The predicted molar refractivity (Wildman–Crippen MR) is 76.5 cm³/mol. The molecule has 1 N–H and O–H groups in total. The fraction of sp³-hybridized carbons (Fsp3) is 0.714. The van der Waals surface area contributed by atoms with Crippen molar-refractivity contribution in [3.05, 3.63) is 5.82 Å². The lowest BCUT2D eigenvalue weighted by Gasteiger charge is -2.26. The minimum atomic E-state index is 0.209. The smallest absolute Gasteiger partial charge is 0.238 e. The van der Waals surface area contributed by atoms with Crippen LogP contribution in [0.25, 0.3) is 0 Å². The largest absolute Gasteiger partial charge is 0.351 e. The summed E-state index contributed by atoms with van der Waals surface area (Å²) in [6.45, 7) is 1.94. The molecule has 3 rings (SSSR count). The van der Waals surface area contributed by atoms with Crippen LogP contribution in [-0.2, 0) is 0 Å². The molecule has 0 bridgehead atoms. The van der Waals surface area contributed by atoms with Crippen LogP contribution in [-0.4, -0.2) is 34.1 Å². The number of nitrogens with one attached hydrogen (secondary N) is 1. The van der Waals surface area contributed by atoms with Gasteiger partial charge in [0.1, 0.15) is 6.07 Å². The Morgan fingerprint density at radius 3 is 2.45 bits per heavy atom. The zero-order chi connectivity index (χ0) is 13.8. The molecule has 0 amide bonds. The van der Waals surface area contributed by atoms with Crippen LogP contribution in [0.5, 0.6) is 0 Å². The molecule has 2 aliphatic rings. The standard InChI is InChI=1S/C14H20N6/c15-10-12-17-13(16-11-6-2-3-7-11)19-14(18-12)20-8-4-1-5-9-20/h11H,1-9H2,(H,16,17,18,19). The molecule has 0 unspecified atom stereocenters. The summed E-state index contributed by atoms with van der Waals surface area (Å²) in [5.41, 5.74) is 0. The fourth-order valence-corrected chi connectivity index (χ4v) is 2.97. The molecule has 1 saturated carbocycles. The highest BCUT2D eigenvalue weighted by molar-refractivity contribution is 5.40. The van der Waals surface area contributed by atoms with Crippen LogP contribution in [0.4, 0.5) is 11.9 Å². The molecule has 6 nitrogen and oxygen atoms in total. The van der Waals surface area contributed by atoms with Gasteiger partial charge in [-0.3, -0.25) is 0 Å². The summed E-state index contributed by atoms with van der Waals surface area (Å²) < 4.78 is 0. The lowest BCUT2D eigenvalue weighted by atomic mass is 10.1. The molecule has 20 heavy (non-hydrogen) atoms. The number of anilines is 2. The summed E-state index contributed by atoms with van der Waals surface area (Å²) in [5, 5.41) is 12.5. The molecule has 0 aromatic carbocycles. The zero-order valence-corrected chi connectivity index (χ0v) is 11.7. The number of rotatable bonds is 3. The molecule has 1 aromatic rings. The fourth-order valence-electron chi connectivity index (χ4n) is 2.97. The summed E-state index contributed by atoms with van der Waals surface area (Å²) in [5.74, 6) is 1.42. The van der Waals surface area contributed by atoms with Crippen molar-refractivity contribution < 1.29 is 0 Å². The molecule has 0 spiro atoms. The van der Waals surface area contributed by atoms with E-state index in [1.165, 1.54) is 32.1 Å². The molecule has 1 aromatic heterocycles. The SMILES string of the molecule is N#Cc1nc(NC2CCCC2)nc(N2CCCCC2)n1. The highest BCUT2D eigenvalue weighted by Gasteiger charge is 2.19. The van der Waals surface area contributed by atoms with Gasteiger partial charge in [0.15, 0.2) is 0 Å². The summed E-state index contributed by atoms with van der Waals surface area (Å²) >= 11 is 0. The van der Waals surface area contributed by atoms with E-state index >= 15 is 0 Å². The molecular weight excluding hydrogens is 252 g/mol. The van der Waals surface area contributed by atoms with Crippen LogP contribution in [0.1, 0.15) is 50.8 Å². The normalized spacial score (nSPS) is 19.9. The Kier molecular flexibility index (Phi) is 3.95. The number of hydrogen-bond acceptors (Lipinski definition) is 6. The molecule has 2 heterocycles. The number of nitrogens with zero attached hydrogens (tertiary/aromatic N) is 5. The van der Waals surface area contributed by atoms with E-state index in [0.29, 0.717) is 17.9 Å². The molecular formula is C14H20N6. The van der Waals surface area contributed by atoms with Crippen LogP contribution in [0.15, 0.2) is 0 Å². The van der Waals surface area contributed by atoms with Gasteiger partial charge in [0, 0.05) is 19.1 Å². The van der Waals surface area contributed by atoms with Gasteiger partial charge in [-0.1, -0.05) is 12.8 Å². The van der Waals surface area contributed by atoms with Crippen LogP contribution in [0.3, 0.4) is 0 Å². The molecule has 6 heteroatoms. The Hall–Kier alpha value is -1.90. The Morgan fingerprint density at radius 2 is 1.75 bits per heavy atom. The van der Waals surface area contributed by atoms with Gasteiger partial charge in [-0.05, 0) is 32.1 Å². The second kappa shape index (κ2) is 6.04. The van der Waals surface area contributed by atoms with Crippen LogP contribution < -0.4 is 10.2 Å². The van der Waals surface area contributed by atoms with Crippen molar-refractivity contribution in [2.24, 2.45) is 0 Å². The van der Waals surface area contributed by atoms with E-state index in [1.807, 2.05) is 6.07 Å². The highest BCUT2D eigenvalue weighted by Crippen LogP contribution is 2.22. The minimum absolute atomic E-state index is 0.209. The van der Waals surface area contributed by atoms with Gasteiger partial charge >= 0.3 is 0 Å². The van der Waals surface area contributed by atoms with Crippen LogP contribution in [0.2, 0.25) is 0 Å². The summed E-state index contributed by atoms with van der Waals surface area (Å²) in [6.07, 6.45) is 8.43. The number of piperidine rings is 1. The van der Waals surface area contributed by atoms with Crippen molar-refractivity contribution >= 4 is 11.9 Å². The first-order chi connectivity index (χ1) is 9.85. The Balaban J connectivity index is 1.80. The maximum absolute atomic E-state index is 9.10. The molecule has 0 atom stereocenters. The molecule has 1 saturated heterocycles. The van der Waals surface area contributed by atoms with Crippen molar-refractivity contribution in [1.29, 1.82) is 5.26 Å². The monoisotopic (exact) mass is 272 g/mol. The van der Waals surface area contributed by atoms with Crippen LogP contribution >= 0.6 is 0 Å². The van der Waals surface area contributed by atoms with Gasteiger partial charge in [-0.25, -0.2) is 0 Å². The van der Waals surface area contributed by atoms with E-state index in [1.54, 1.807) is 0 Å². The second-order valence-electron chi connectivity index (χ2n) is 5.57. The quantitative estimate of drug-likeness (QED) is 0.907. The Bertz CT molecular complexity index is 497. The van der Waals surface area contributed by atoms with Crippen LogP contribution in [0, 0.1) is 11.3 Å². The summed E-state index contributed by atoms with van der Waals surface area (Å²) in [4.78, 5) is 15.1. The Labute approximate surface area is 119 Å². The zero-order valence-electron chi connectivity index (χ0n) is 11.7. The van der Waals surface area contributed by atoms with E-state index in [9.17, 15) is 0 Å². The molecule has 106 valence electrons. The molecule has 1 aliphatic heterocycles. The Morgan fingerprint density at radius 1 is 1.00 bits per heavy atom. The number of hydrogen-bond donors (Lipinski definition) is 1. The van der Waals surface area contributed by atoms with Gasteiger partial charge in [0.25, 0.3) is 0 Å². The average molecular weight is 272 g/mol. The third-order valence-electron chi connectivity index (χ3n) is 4.05. The first-order valence-electron chi connectivity index (χ1n) is 7.53. The van der Waals surface area contributed by atoms with Crippen molar-refractivity contribution in [2.75, 3.05) is 23.3 Å². The molecule has 1 aliphatic carbocycles. The van der Waals surface area contributed by atoms with Crippen molar-refractivity contribution in [3.8, 4) is 6.07 Å². The lowest BCUT2D eigenvalue weighted by Crippen LogP contribution is -2.31. The average Bonchev–Trinajstić information content (AvgIpc) is 3.00. The molecule has 0 radical (unpaired) electrons. The third-order valence-corrected chi connectivity index (χ3v) is 4.05. The van der Waals surface area contributed by atoms with Crippen molar-refractivity contribution in [3.63, 3.8) is 0 Å². The molecule has 2 fully saturated rings. The van der Waals surface area contributed by atoms with E-state index in [2.05, 4.69) is 25.2 Å².